The molecule has 0 aromatic rings. The number of hydrogen-bond acceptors (Lipinski definition) is 1. The molecule has 0 bridgehead atoms. The molecule has 1 unspecified atom stereocenters. The summed E-state index contributed by atoms with van der Waals surface area (Å²) in [5, 5.41) is 0. The summed E-state index contributed by atoms with van der Waals surface area (Å²) in [6.07, 6.45) is 6.59. The highest BCUT2D eigenvalue weighted by atomic mass is 16.5. The molecule has 0 spiro atoms. The van der Waals surface area contributed by atoms with Crippen LogP contribution in [0.5, 0.6) is 0 Å². The molecule has 0 heterocycles. The van der Waals surface area contributed by atoms with E-state index in [0.717, 1.165) is 12.0 Å². The Labute approximate surface area is 82.8 Å². The summed E-state index contributed by atoms with van der Waals surface area (Å²) < 4.78 is 5.22. The Morgan fingerprint density at radius 1 is 1.38 bits per heavy atom. The van der Waals surface area contributed by atoms with Gasteiger partial charge >= 0.3 is 0 Å². The third kappa shape index (κ3) is 6.35. The van der Waals surface area contributed by atoms with E-state index in [1.54, 1.807) is 19.3 Å². The molecule has 0 aliphatic heterocycles. The normalized spacial score (nSPS) is 12.5. The van der Waals surface area contributed by atoms with Crippen molar-refractivity contribution < 1.29 is 4.74 Å². The van der Waals surface area contributed by atoms with Crippen LogP contribution in [0.4, 0.5) is 0 Å². The quantitative estimate of drug-likeness (QED) is 0.589. The zero-order valence-electron chi connectivity index (χ0n) is 9.34. The second-order valence-electron chi connectivity index (χ2n) is 2.24. The molecule has 0 saturated carbocycles. The molecule has 1 heteroatoms. The molecule has 0 amide bonds. The average molecular weight is 182 g/mol. The predicted octanol–water partition coefficient (Wildman–Crippen LogP) is 3.74. The number of hydrogen-bond donors (Lipinski definition) is 0. The van der Waals surface area contributed by atoms with Gasteiger partial charge in [0.2, 0.25) is 0 Å². The van der Waals surface area contributed by atoms with Crippen LogP contribution in [0.1, 0.15) is 27.2 Å². The highest BCUT2D eigenvalue weighted by Gasteiger charge is 2.05. The molecule has 0 saturated heterocycles. The van der Waals surface area contributed by atoms with Crippen molar-refractivity contribution in [2.45, 2.75) is 33.3 Å². The van der Waals surface area contributed by atoms with Crippen molar-refractivity contribution in [3.8, 4) is 0 Å². The first kappa shape index (κ1) is 14.7. The maximum Gasteiger partial charge on any atom is 0.0818 e. The standard InChI is InChI=1S/C10H16O.C2H6/c1-5-8-9(6-2)10(7-3)11-4;1-2/h5-6,8,10H,1-2,7H2,3-4H3;1-2H3/b9-8+;. The number of rotatable bonds is 5. The lowest BCUT2D eigenvalue weighted by molar-refractivity contribution is 0.131. The molecule has 0 aromatic heterocycles. The minimum atomic E-state index is 0.158. The molecule has 0 N–H and O–H groups in total. The Morgan fingerprint density at radius 3 is 2.15 bits per heavy atom. The van der Waals surface area contributed by atoms with Crippen LogP contribution in [0, 0.1) is 0 Å². The highest BCUT2D eigenvalue weighted by molar-refractivity contribution is 5.25. The summed E-state index contributed by atoms with van der Waals surface area (Å²) in [5.74, 6) is 0. The summed E-state index contributed by atoms with van der Waals surface area (Å²) in [7, 11) is 1.70. The van der Waals surface area contributed by atoms with E-state index in [4.69, 9.17) is 4.74 Å². The lowest BCUT2D eigenvalue weighted by Crippen LogP contribution is -2.10. The second-order valence-corrected chi connectivity index (χ2v) is 2.24. The number of ether oxygens (including phenoxy) is 1. The van der Waals surface area contributed by atoms with Crippen molar-refractivity contribution in [3.05, 3.63) is 37.0 Å². The molecule has 1 nitrogen and oxygen atoms in total. The van der Waals surface area contributed by atoms with E-state index < -0.39 is 0 Å². The molecule has 0 fully saturated rings. The van der Waals surface area contributed by atoms with Gasteiger partial charge in [0.05, 0.1) is 6.10 Å². The smallest absolute Gasteiger partial charge is 0.0818 e. The molecule has 13 heavy (non-hydrogen) atoms. The maximum absolute atomic E-state index is 5.22. The van der Waals surface area contributed by atoms with E-state index in [9.17, 15) is 0 Å². The largest absolute Gasteiger partial charge is 0.377 e. The van der Waals surface area contributed by atoms with E-state index in [2.05, 4.69) is 20.1 Å². The summed E-state index contributed by atoms with van der Waals surface area (Å²) in [4.78, 5) is 0. The highest BCUT2D eigenvalue weighted by Crippen LogP contribution is 2.10. The van der Waals surface area contributed by atoms with Crippen molar-refractivity contribution >= 4 is 0 Å². The van der Waals surface area contributed by atoms with Gasteiger partial charge in [-0.2, -0.15) is 0 Å². The van der Waals surface area contributed by atoms with E-state index in [1.165, 1.54) is 0 Å². The molecule has 0 aliphatic rings. The fourth-order valence-corrected chi connectivity index (χ4v) is 0.981. The minimum absolute atomic E-state index is 0.158. The lowest BCUT2D eigenvalue weighted by atomic mass is 10.1. The average Bonchev–Trinajstić information content (AvgIpc) is 2.21. The topological polar surface area (TPSA) is 9.23 Å². The fraction of sp³-hybridized carbons (Fsp3) is 0.500. The molecule has 76 valence electrons. The lowest BCUT2D eigenvalue weighted by Gasteiger charge is -2.13. The molecule has 0 rings (SSSR count). The third-order valence-electron chi connectivity index (χ3n) is 1.57. The van der Waals surface area contributed by atoms with Gasteiger partial charge in [-0.1, -0.05) is 52.2 Å². The second kappa shape index (κ2) is 11.2. The molecular weight excluding hydrogens is 160 g/mol. The first-order valence-electron chi connectivity index (χ1n) is 4.78. The van der Waals surface area contributed by atoms with Crippen LogP contribution < -0.4 is 0 Å². The Bertz CT molecular complexity index is 153. The Kier molecular flexibility index (Phi) is 12.6. The van der Waals surface area contributed by atoms with Gasteiger partial charge in [-0.15, -0.1) is 0 Å². The van der Waals surface area contributed by atoms with Crippen LogP contribution in [0.3, 0.4) is 0 Å². The monoisotopic (exact) mass is 182 g/mol. The molecule has 1 atom stereocenters. The van der Waals surface area contributed by atoms with Crippen LogP contribution in [-0.2, 0) is 4.74 Å². The Balaban J connectivity index is 0. The zero-order chi connectivity index (χ0) is 10.7. The third-order valence-corrected chi connectivity index (χ3v) is 1.57. The van der Waals surface area contributed by atoms with Gasteiger partial charge in [0.25, 0.3) is 0 Å². The van der Waals surface area contributed by atoms with Gasteiger partial charge < -0.3 is 4.74 Å². The predicted molar refractivity (Wildman–Crippen MR) is 60.9 cm³/mol. The summed E-state index contributed by atoms with van der Waals surface area (Å²) in [6.45, 7) is 13.4. The molecule has 0 radical (unpaired) electrons. The van der Waals surface area contributed by atoms with Crippen LogP contribution in [0.25, 0.3) is 0 Å². The Morgan fingerprint density at radius 2 is 1.92 bits per heavy atom. The van der Waals surface area contributed by atoms with E-state index in [0.29, 0.717) is 0 Å². The van der Waals surface area contributed by atoms with Gasteiger partial charge in [0.1, 0.15) is 0 Å². The van der Waals surface area contributed by atoms with Crippen molar-refractivity contribution in [1.29, 1.82) is 0 Å². The van der Waals surface area contributed by atoms with Gasteiger partial charge in [0, 0.05) is 7.11 Å². The zero-order valence-corrected chi connectivity index (χ0v) is 9.34. The van der Waals surface area contributed by atoms with Crippen molar-refractivity contribution in [2.75, 3.05) is 7.11 Å². The van der Waals surface area contributed by atoms with E-state index >= 15 is 0 Å². The van der Waals surface area contributed by atoms with E-state index in [-0.39, 0.29) is 6.10 Å². The minimum Gasteiger partial charge on any atom is -0.377 e. The first-order valence-corrected chi connectivity index (χ1v) is 4.78. The number of allylic oxidation sites excluding steroid dienone is 2. The van der Waals surface area contributed by atoms with Gasteiger partial charge in [-0.3, -0.25) is 0 Å². The van der Waals surface area contributed by atoms with Crippen LogP contribution in [-0.4, -0.2) is 13.2 Å². The fourth-order valence-electron chi connectivity index (χ4n) is 0.981. The van der Waals surface area contributed by atoms with Crippen molar-refractivity contribution in [3.63, 3.8) is 0 Å². The molecule has 0 aromatic carbocycles. The van der Waals surface area contributed by atoms with Crippen LogP contribution in [0.15, 0.2) is 37.0 Å². The van der Waals surface area contributed by atoms with Gasteiger partial charge in [-0.25, -0.2) is 0 Å². The van der Waals surface area contributed by atoms with E-state index in [1.807, 2.05) is 19.9 Å². The van der Waals surface area contributed by atoms with Crippen molar-refractivity contribution in [2.24, 2.45) is 0 Å². The van der Waals surface area contributed by atoms with Crippen molar-refractivity contribution in [1.82, 2.24) is 0 Å². The Hall–Kier alpha value is -0.820. The maximum atomic E-state index is 5.22. The summed E-state index contributed by atoms with van der Waals surface area (Å²) in [5.41, 5.74) is 1.09. The summed E-state index contributed by atoms with van der Waals surface area (Å²) >= 11 is 0. The first-order chi connectivity index (χ1) is 6.29. The van der Waals surface area contributed by atoms with Gasteiger partial charge in [-0.05, 0) is 12.0 Å². The molecule has 0 aliphatic carbocycles. The van der Waals surface area contributed by atoms with Crippen LogP contribution in [0.2, 0.25) is 0 Å². The molecular formula is C12H22O. The van der Waals surface area contributed by atoms with Gasteiger partial charge in [0.15, 0.2) is 0 Å². The SMILES string of the molecule is C=C/C=C(\C=C)C(CC)OC.CC. The number of methoxy groups -OCH3 is 1. The van der Waals surface area contributed by atoms with Crippen LogP contribution >= 0.6 is 0 Å². The summed E-state index contributed by atoms with van der Waals surface area (Å²) in [6, 6.07) is 0.